The average Bonchev–Trinajstić information content (AvgIpc) is 3.45. The smallest absolute Gasteiger partial charge is 0.225 e. The molecule has 6 nitrogen and oxygen atoms in total. The number of hydrogen-bond acceptors (Lipinski definition) is 4. The van der Waals surface area contributed by atoms with Gasteiger partial charge in [0.25, 0.3) is 0 Å². The lowest BCUT2D eigenvalue weighted by atomic mass is 9.71. The first kappa shape index (κ1) is 23.0. The molecule has 0 saturated heterocycles. The highest BCUT2D eigenvalue weighted by atomic mass is 16.3. The van der Waals surface area contributed by atoms with Gasteiger partial charge in [0, 0.05) is 36.6 Å². The number of aromatic nitrogens is 3. The molecule has 32 heavy (non-hydrogen) atoms. The average molecular weight is 439 g/mol. The first-order chi connectivity index (χ1) is 15.4. The zero-order valence-electron chi connectivity index (χ0n) is 20.0. The molecule has 2 aliphatic carbocycles. The van der Waals surface area contributed by atoms with E-state index >= 15 is 0 Å². The van der Waals surface area contributed by atoms with Crippen molar-refractivity contribution in [2.45, 2.75) is 90.5 Å². The standard InChI is InChI=1S/C26H38N4O2/c1-16(2)11-19-13-21(14-19)26-29-28-25(30(26)22-6-7-22)20(9-10-31)15-24(32)27-23-8-5-17(3)12-18(23)4/h5,8,12,16,19-22,31H,6-7,9-11,13-15H2,1-4H3,(H,27,32)/t19?,20-,21?/m0/s1. The summed E-state index contributed by atoms with van der Waals surface area (Å²) in [7, 11) is 0. The number of carbonyl (C=O) groups is 1. The van der Waals surface area contributed by atoms with Crippen LogP contribution in [0.4, 0.5) is 5.69 Å². The molecule has 1 atom stereocenters. The summed E-state index contributed by atoms with van der Waals surface area (Å²) in [6.45, 7) is 8.68. The summed E-state index contributed by atoms with van der Waals surface area (Å²) in [5.74, 6) is 3.85. The van der Waals surface area contributed by atoms with Gasteiger partial charge in [0.2, 0.25) is 5.91 Å². The third-order valence-corrected chi connectivity index (χ3v) is 7.00. The molecule has 6 heteroatoms. The quantitative estimate of drug-likeness (QED) is 0.530. The van der Waals surface area contributed by atoms with Gasteiger partial charge in [-0.3, -0.25) is 4.79 Å². The fraction of sp³-hybridized carbons (Fsp3) is 0.654. The summed E-state index contributed by atoms with van der Waals surface area (Å²) in [4.78, 5) is 12.9. The number of rotatable bonds is 10. The number of anilines is 1. The van der Waals surface area contributed by atoms with E-state index in [2.05, 4.69) is 40.0 Å². The molecule has 0 bridgehead atoms. The van der Waals surface area contributed by atoms with E-state index < -0.39 is 0 Å². The van der Waals surface area contributed by atoms with E-state index in [9.17, 15) is 9.90 Å². The predicted molar refractivity (Wildman–Crippen MR) is 127 cm³/mol. The van der Waals surface area contributed by atoms with Crippen molar-refractivity contribution < 1.29 is 9.90 Å². The van der Waals surface area contributed by atoms with E-state index in [4.69, 9.17) is 0 Å². The van der Waals surface area contributed by atoms with E-state index in [0.29, 0.717) is 24.8 Å². The second kappa shape index (κ2) is 9.74. The second-order valence-electron chi connectivity index (χ2n) is 10.5. The molecule has 1 amide bonds. The van der Waals surface area contributed by atoms with Gasteiger partial charge in [-0.05, 0) is 75.8 Å². The van der Waals surface area contributed by atoms with E-state index in [1.807, 2.05) is 26.0 Å². The number of nitrogens with zero attached hydrogens (tertiary/aromatic N) is 3. The van der Waals surface area contributed by atoms with Gasteiger partial charge in [-0.25, -0.2) is 0 Å². The monoisotopic (exact) mass is 438 g/mol. The molecule has 4 rings (SSSR count). The Hall–Kier alpha value is -2.21. The van der Waals surface area contributed by atoms with Crippen molar-refractivity contribution in [3.63, 3.8) is 0 Å². The van der Waals surface area contributed by atoms with Gasteiger partial charge in [-0.15, -0.1) is 10.2 Å². The lowest BCUT2D eigenvalue weighted by molar-refractivity contribution is -0.116. The lowest BCUT2D eigenvalue weighted by Gasteiger charge is -2.36. The molecule has 1 aromatic carbocycles. The van der Waals surface area contributed by atoms with Gasteiger partial charge >= 0.3 is 0 Å². The van der Waals surface area contributed by atoms with Crippen LogP contribution in [-0.2, 0) is 4.79 Å². The first-order valence-electron chi connectivity index (χ1n) is 12.3. The fourth-order valence-corrected chi connectivity index (χ4v) is 5.24. The minimum Gasteiger partial charge on any atom is -0.396 e. The molecule has 1 heterocycles. The van der Waals surface area contributed by atoms with Gasteiger partial charge in [-0.2, -0.15) is 0 Å². The number of aliphatic hydroxyl groups excluding tert-OH is 1. The maximum atomic E-state index is 12.9. The van der Waals surface area contributed by atoms with Gasteiger partial charge in [-0.1, -0.05) is 31.5 Å². The Balaban J connectivity index is 1.48. The zero-order chi connectivity index (χ0) is 22.8. The minimum atomic E-state index is -0.126. The number of amides is 1. The minimum absolute atomic E-state index is 0.0360. The van der Waals surface area contributed by atoms with E-state index in [0.717, 1.165) is 47.6 Å². The highest BCUT2D eigenvalue weighted by Gasteiger charge is 2.39. The van der Waals surface area contributed by atoms with Crippen LogP contribution in [0.2, 0.25) is 0 Å². The van der Waals surface area contributed by atoms with E-state index in [1.165, 1.54) is 24.8 Å². The normalized spacial score (nSPS) is 21.4. The maximum absolute atomic E-state index is 12.9. The van der Waals surface area contributed by atoms with Crippen LogP contribution in [0.15, 0.2) is 18.2 Å². The molecule has 2 aliphatic rings. The van der Waals surface area contributed by atoms with Crippen LogP contribution in [-0.4, -0.2) is 32.4 Å². The van der Waals surface area contributed by atoms with Gasteiger partial charge < -0.3 is 15.0 Å². The predicted octanol–water partition coefficient (Wildman–Crippen LogP) is 5.26. The van der Waals surface area contributed by atoms with Crippen molar-refractivity contribution in [2.24, 2.45) is 11.8 Å². The Morgan fingerprint density at radius 3 is 2.59 bits per heavy atom. The number of benzene rings is 1. The molecule has 0 radical (unpaired) electrons. The highest BCUT2D eigenvalue weighted by Crippen LogP contribution is 2.48. The summed E-state index contributed by atoms with van der Waals surface area (Å²) < 4.78 is 2.33. The van der Waals surface area contributed by atoms with Crippen LogP contribution in [0.3, 0.4) is 0 Å². The van der Waals surface area contributed by atoms with Crippen molar-refractivity contribution in [3.8, 4) is 0 Å². The largest absolute Gasteiger partial charge is 0.396 e. The van der Waals surface area contributed by atoms with Gasteiger partial charge in [0.15, 0.2) is 0 Å². The third-order valence-electron chi connectivity index (χ3n) is 7.00. The topological polar surface area (TPSA) is 80.0 Å². The number of nitrogens with one attached hydrogen (secondary N) is 1. The Morgan fingerprint density at radius 2 is 1.97 bits per heavy atom. The fourth-order valence-electron chi connectivity index (χ4n) is 5.24. The van der Waals surface area contributed by atoms with Gasteiger partial charge in [0.1, 0.15) is 11.6 Å². The number of aliphatic hydroxyl groups is 1. The van der Waals surface area contributed by atoms with Crippen molar-refractivity contribution in [2.75, 3.05) is 11.9 Å². The molecule has 2 N–H and O–H groups in total. The number of hydrogen-bond donors (Lipinski definition) is 2. The Labute approximate surface area is 191 Å². The van der Waals surface area contributed by atoms with Crippen LogP contribution in [0, 0.1) is 25.7 Å². The molecule has 2 aromatic rings. The van der Waals surface area contributed by atoms with Crippen molar-refractivity contribution in [3.05, 3.63) is 41.0 Å². The maximum Gasteiger partial charge on any atom is 0.225 e. The molecule has 0 spiro atoms. The summed E-state index contributed by atoms with van der Waals surface area (Å²) in [6, 6.07) is 6.50. The Morgan fingerprint density at radius 1 is 1.22 bits per heavy atom. The second-order valence-corrected chi connectivity index (χ2v) is 10.5. The van der Waals surface area contributed by atoms with Crippen LogP contribution < -0.4 is 5.32 Å². The highest BCUT2D eigenvalue weighted by molar-refractivity contribution is 5.92. The van der Waals surface area contributed by atoms with Crippen LogP contribution in [0.5, 0.6) is 0 Å². The summed E-state index contributed by atoms with van der Waals surface area (Å²) in [5.41, 5.74) is 3.08. The number of aryl methyl sites for hydroxylation is 2. The molecule has 0 aliphatic heterocycles. The first-order valence-corrected chi connectivity index (χ1v) is 12.3. The van der Waals surface area contributed by atoms with E-state index in [-0.39, 0.29) is 18.4 Å². The van der Waals surface area contributed by atoms with Gasteiger partial charge in [0.05, 0.1) is 0 Å². The zero-order valence-corrected chi connectivity index (χ0v) is 20.0. The molecule has 174 valence electrons. The van der Waals surface area contributed by atoms with Crippen LogP contribution >= 0.6 is 0 Å². The molecular weight excluding hydrogens is 400 g/mol. The van der Waals surface area contributed by atoms with E-state index in [1.54, 1.807) is 0 Å². The molecule has 2 fully saturated rings. The summed E-state index contributed by atoms with van der Waals surface area (Å²) in [5, 5.41) is 22.0. The SMILES string of the molecule is Cc1ccc(NC(=O)C[C@H](CCO)c2nnc(C3CC(CC(C)C)C3)n2C2CC2)c(C)c1. The molecule has 0 unspecified atom stereocenters. The Kier molecular flexibility index (Phi) is 6.99. The van der Waals surface area contributed by atoms with Crippen LogP contribution in [0.1, 0.15) is 99.4 Å². The summed E-state index contributed by atoms with van der Waals surface area (Å²) in [6.07, 6.45) is 6.81. The van der Waals surface area contributed by atoms with Crippen molar-refractivity contribution in [1.82, 2.24) is 14.8 Å². The molecule has 1 aromatic heterocycles. The number of carbonyl (C=O) groups excluding carboxylic acids is 1. The van der Waals surface area contributed by atoms with Crippen molar-refractivity contribution >= 4 is 11.6 Å². The molecule has 2 saturated carbocycles. The third kappa shape index (κ3) is 5.22. The van der Waals surface area contributed by atoms with Crippen LogP contribution in [0.25, 0.3) is 0 Å². The lowest BCUT2D eigenvalue weighted by Crippen LogP contribution is -2.26. The Bertz CT molecular complexity index is 941. The molecular formula is C26H38N4O2. The van der Waals surface area contributed by atoms with Crippen molar-refractivity contribution in [1.29, 1.82) is 0 Å². The summed E-state index contributed by atoms with van der Waals surface area (Å²) >= 11 is 0.